The van der Waals surface area contributed by atoms with E-state index in [1.807, 2.05) is 13.8 Å². The number of nitrogens with one attached hydrogen (secondary N) is 2. The average Bonchev–Trinajstić information content (AvgIpc) is 2.39. The summed E-state index contributed by atoms with van der Waals surface area (Å²) in [7, 11) is 1.22. The second-order valence-electron chi connectivity index (χ2n) is 6.07. The summed E-state index contributed by atoms with van der Waals surface area (Å²) in [5.74, 6) is -1.23. The molecule has 0 fully saturated rings. The van der Waals surface area contributed by atoms with Crippen LogP contribution in [0.1, 0.15) is 41.5 Å². The molecule has 0 aromatic heterocycles. The van der Waals surface area contributed by atoms with E-state index in [4.69, 9.17) is 4.74 Å². The summed E-state index contributed by atoms with van der Waals surface area (Å²) in [6.45, 7) is 10.7. The lowest BCUT2D eigenvalue weighted by atomic mass is 10.0. The Hall–Kier alpha value is -1.79. The Morgan fingerprint density at radius 3 is 1.68 bits per heavy atom. The van der Waals surface area contributed by atoms with Gasteiger partial charge in [-0.3, -0.25) is 4.79 Å². The van der Waals surface area contributed by atoms with Crippen LogP contribution < -0.4 is 10.6 Å². The van der Waals surface area contributed by atoms with Gasteiger partial charge >= 0.3 is 12.1 Å². The molecule has 0 rings (SSSR count). The van der Waals surface area contributed by atoms with Crippen molar-refractivity contribution in [3.8, 4) is 0 Å². The highest BCUT2D eigenvalue weighted by molar-refractivity contribution is 5.90. The number of esters is 1. The van der Waals surface area contributed by atoms with Gasteiger partial charge in [0.25, 0.3) is 0 Å². The number of carbonyl (C=O) groups excluding carboxylic acids is 3. The summed E-state index contributed by atoms with van der Waals surface area (Å²) in [5.41, 5.74) is 0. The van der Waals surface area contributed by atoms with Gasteiger partial charge in [-0.15, -0.1) is 0 Å². The number of ether oxygens (including phenoxy) is 2. The van der Waals surface area contributed by atoms with Gasteiger partial charge in [0.1, 0.15) is 12.1 Å². The lowest BCUT2D eigenvalue weighted by molar-refractivity contribution is -0.153. The monoisotopic (exact) mass is 316 g/mol. The highest BCUT2D eigenvalue weighted by atomic mass is 16.5. The van der Waals surface area contributed by atoms with Crippen LogP contribution >= 0.6 is 0 Å². The first kappa shape index (κ1) is 20.2. The Kier molecular flexibility index (Phi) is 8.52. The molecule has 0 aliphatic rings. The van der Waals surface area contributed by atoms with Crippen LogP contribution in [0.5, 0.6) is 0 Å². The standard InChI is InChI=1S/C15H28N2O5/c1-8(2)11(17-15(20)21-7)13(18)16-12(9(3)4)14(19)22-10(5)6/h8-12H,1-7H3,(H,16,18)(H,17,20). The highest BCUT2D eigenvalue weighted by Crippen LogP contribution is 2.09. The number of amides is 2. The molecule has 0 aromatic rings. The normalized spacial score (nSPS) is 13.7. The minimum Gasteiger partial charge on any atom is -0.461 e. The van der Waals surface area contributed by atoms with Crippen LogP contribution in [0.25, 0.3) is 0 Å². The third kappa shape index (κ3) is 6.78. The molecule has 2 unspecified atom stereocenters. The molecule has 0 bridgehead atoms. The predicted octanol–water partition coefficient (Wildman–Crippen LogP) is 1.46. The quantitative estimate of drug-likeness (QED) is 0.694. The molecule has 7 heteroatoms. The molecule has 0 heterocycles. The summed E-state index contributed by atoms with van der Waals surface area (Å²) < 4.78 is 9.66. The number of hydrogen-bond acceptors (Lipinski definition) is 5. The summed E-state index contributed by atoms with van der Waals surface area (Å²) >= 11 is 0. The topological polar surface area (TPSA) is 93.7 Å². The van der Waals surface area contributed by atoms with Gasteiger partial charge in [0, 0.05) is 0 Å². The van der Waals surface area contributed by atoms with Crippen molar-refractivity contribution in [2.45, 2.75) is 59.7 Å². The maximum absolute atomic E-state index is 12.4. The van der Waals surface area contributed by atoms with Crippen LogP contribution in [0.2, 0.25) is 0 Å². The van der Waals surface area contributed by atoms with Crippen LogP contribution in [0.4, 0.5) is 4.79 Å². The molecule has 128 valence electrons. The first-order chi connectivity index (χ1) is 10.1. The number of rotatable bonds is 7. The molecule has 0 saturated carbocycles. The largest absolute Gasteiger partial charge is 0.461 e. The Bertz CT molecular complexity index is 393. The molecule has 0 aromatic carbocycles. The Labute approximate surface area is 132 Å². The Balaban J connectivity index is 4.98. The van der Waals surface area contributed by atoms with Crippen LogP contribution in [-0.2, 0) is 19.1 Å². The molecule has 0 aliphatic carbocycles. The first-order valence-electron chi connectivity index (χ1n) is 7.45. The van der Waals surface area contributed by atoms with Crippen molar-refractivity contribution < 1.29 is 23.9 Å². The molecule has 22 heavy (non-hydrogen) atoms. The first-order valence-corrected chi connectivity index (χ1v) is 7.45. The van der Waals surface area contributed by atoms with Crippen LogP contribution in [0.15, 0.2) is 0 Å². The van der Waals surface area contributed by atoms with E-state index in [1.54, 1.807) is 27.7 Å². The maximum atomic E-state index is 12.4. The van der Waals surface area contributed by atoms with E-state index in [-0.39, 0.29) is 17.9 Å². The van der Waals surface area contributed by atoms with Crippen molar-refractivity contribution in [2.24, 2.45) is 11.8 Å². The van der Waals surface area contributed by atoms with Gasteiger partial charge in [0.2, 0.25) is 5.91 Å². The van der Waals surface area contributed by atoms with Crippen LogP contribution in [-0.4, -0.2) is 43.3 Å². The second-order valence-corrected chi connectivity index (χ2v) is 6.07. The molecular formula is C15H28N2O5. The van der Waals surface area contributed by atoms with E-state index in [0.717, 1.165) is 0 Å². The van der Waals surface area contributed by atoms with Gasteiger partial charge in [0.05, 0.1) is 13.2 Å². The number of alkyl carbamates (subject to hydrolysis) is 1. The fraction of sp³-hybridized carbons (Fsp3) is 0.800. The van der Waals surface area contributed by atoms with Crippen molar-refractivity contribution >= 4 is 18.0 Å². The molecule has 0 radical (unpaired) electrons. The zero-order valence-corrected chi connectivity index (χ0v) is 14.4. The molecule has 0 aliphatic heterocycles. The van der Waals surface area contributed by atoms with E-state index < -0.39 is 30.1 Å². The number of carbonyl (C=O) groups is 3. The number of hydrogen-bond donors (Lipinski definition) is 2. The molecule has 0 saturated heterocycles. The molecule has 7 nitrogen and oxygen atoms in total. The highest BCUT2D eigenvalue weighted by Gasteiger charge is 2.31. The number of methoxy groups -OCH3 is 1. The van der Waals surface area contributed by atoms with Gasteiger partial charge in [-0.05, 0) is 25.7 Å². The van der Waals surface area contributed by atoms with Gasteiger partial charge in [-0.2, -0.15) is 0 Å². The molecule has 2 amide bonds. The van der Waals surface area contributed by atoms with Crippen molar-refractivity contribution in [3.63, 3.8) is 0 Å². The van der Waals surface area contributed by atoms with Crippen LogP contribution in [0, 0.1) is 11.8 Å². The van der Waals surface area contributed by atoms with E-state index in [1.165, 1.54) is 7.11 Å². The van der Waals surface area contributed by atoms with Crippen LogP contribution in [0.3, 0.4) is 0 Å². The lowest BCUT2D eigenvalue weighted by Crippen LogP contribution is -2.55. The zero-order chi connectivity index (χ0) is 17.4. The summed E-state index contributed by atoms with van der Waals surface area (Å²) in [4.78, 5) is 35.7. The minimum absolute atomic E-state index is 0.138. The SMILES string of the molecule is COC(=O)NC(C(=O)NC(C(=O)OC(C)C)C(C)C)C(C)C. The van der Waals surface area contributed by atoms with Gasteiger partial charge in [-0.25, -0.2) is 9.59 Å². The van der Waals surface area contributed by atoms with Crippen molar-refractivity contribution in [1.29, 1.82) is 0 Å². The van der Waals surface area contributed by atoms with E-state index >= 15 is 0 Å². The third-order valence-corrected chi connectivity index (χ3v) is 2.98. The maximum Gasteiger partial charge on any atom is 0.407 e. The summed E-state index contributed by atoms with van der Waals surface area (Å²) in [6.07, 6.45) is -0.959. The molecule has 2 N–H and O–H groups in total. The second kappa shape index (κ2) is 9.27. The minimum atomic E-state index is -0.791. The van der Waals surface area contributed by atoms with E-state index in [9.17, 15) is 14.4 Å². The van der Waals surface area contributed by atoms with E-state index in [0.29, 0.717) is 0 Å². The smallest absolute Gasteiger partial charge is 0.407 e. The van der Waals surface area contributed by atoms with Crippen molar-refractivity contribution in [3.05, 3.63) is 0 Å². The fourth-order valence-corrected chi connectivity index (χ4v) is 1.77. The van der Waals surface area contributed by atoms with Crippen molar-refractivity contribution in [1.82, 2.24) is 10.6 Å². The van der Waals surface area contributed by atoms with E-state index in [2.05, 4.69) is 15.4 Å². The Morgan fingerprint density at radius 1 is 0.818 bits per heavy atom. The third-order valence-electron chi connectivity index (χ3n) is 2.98. The predicted molar refractivity (Wildman–Crippen MR) is 82.2 cm³/mol. The zero-order valence-electron chi connectivity index (χ0n) is 14.4. The summed E-state index contributed by atoms with van der Waals surface area (Å²) in [5, 5.41) is 5.11. The molecular weight excluding hydrogens is 288 g/mol. The average molecular weight is 316 g/mol. The molecule has 2 atom stereocenters. The van der Waals surface area contributed by atoms with Gasteiger partial charge < -0.3 is 20.1 Å². The molecule has 0 spiro atoms. The van der Waals surface area contributed by atoms with Gasteiger partial charge in [-0.1, -0.05) is 27.7 Å². The Morgan fingerprint density at radius 2 is 1.32 bits per heavy atom. The fourth-order valence-electron chi connectivity index (χ4n) is 1.77. The lowest BCUT2D eigenvalue weighted by Gasteiger charge is -2.26. The van der Waals surface area contributed by atoms with Crippen molar-refractivity contribution in [2.75, 3.05) is 7.11 Å². The van der Waals surface area contributed by atoms with Gasteiger partial charge in [0.15, 0.2) is 0 Å². The summed E-state index contributed by atoms with van der Waals surface area (Å²) in [6, 6.07) is -1.56.